The molecule has 162 valence electrons. The second-order valence-electron chi connectivity index (χ2n) is 5.88. The van der Waals surface area contributed by atoms with Gasteiger partial charge < -0.3 is 33.5 Å². The summed E-state index contributed by atoms with van der Waals surface area (Å²) in [4.78, 5) is 0. The minimum Gasteiger partial charge on any atom is -0.499 e. The zero-order valence-electron chi connectivity index (χ0n) is 17.1. The SMILES string of the molecule is CCCCCCC=COCCOCCOCCOCCOCCOCCO. The topological polar surface area (TPSA) is 75.6 Å². The molecule has 0 spiro atoms. The van der Waals surface area contributed by atoms with Crippen molar-refractivity contribution in [3.05, 3.63) is 12.3 Å². The molecule has 0 aromatic carbocycles. The number of aliphatic hydroxyl groups is 1. The van der Waals surface area contributed by atoms with Gasteiger partial charge in [0.2, 0.25) is 0 Å². The highest BCUT2D eigenvalue weighted by Crippen LogP contribution is 2.02. The molecule has 0 bridgehead atoms. The molecule has 0 heterocycles. The second kappa shape index (κ2) is 25.3. The zero-order chi connectivity index (χ0) is 19.7. The predicted octanol–water partition coefficient (Wildman–Crippen LogP) is 2.56. The zero-order valence-corrected chi connectivity index (χ0v) is 17.1. The van der Waals surface area contributed by atoms with Gasteiger partial charge in [-0.2, -0.15) is 0 Å². The van der Waals surface area contributed by atoms with E-state index in [0.717, 1.165) is 6.42 Å². The lowest BCUT2D eigenvalue weighted by atomic mass is 10.1. The number of hydrogen-bond donors (Lipinski definition) is 1. The molecule has 0 atom stereocenters. The van der Waals surface area contributed by atoms with E-state index in [-0.39, 0.29) is 6.61 Å². The molecule has 0 aliphatic heterocycles. The van der Waals surface area contributed by atoms with E-state index in [4.69, 9.17) is 33.5 Å². The minimum absolute atomic E-state index is 0.0402. The van der Waals surface area contributed by atoms with Gasteiger partial charge in [-0.1, -0.05) is 26.2 Å². The highest BCUT2D eigenvalue weighted by atomic mass is 16.6. The van der Waals surface area contributed by atoms with Gasteiger partial charge in [0.25, 0.3) is 0 Å². The molecular weight excluding hydrogens is 352 g/mol. The highest BCUT2D eigenvalue weighted by Gasteiger charge is 1.93. The molecule has 0 radical (unpaired) electrons. The van der Waals surface area contributed by atoms with Crippen molar-refractivity contribution in [3.8, 4) is 0 Å². The van der Waals surface area contributed by atoms with Crippen LogP contribution in [-0.4, -0.2) is 84.4 Å². The molecule has 7 heteroatoms. The van der Waals surface area contributed by atoms with Gasteiger partial charge in [0, 0.05) is 0 Å². The van der Waals surface area contributed by atoms with Crippen LogP contribution in [0, 0.1) is 0 Å². The largest absolute Gasteiger partial charge is 0.499 e. The highest BCUT2D eigenvalue weighted by molar-refractivity contribution is 4.73. The maximum Gasteiger partial charge on any atom is 0.111 e. The van der Waals surface area contributed by atoms with Gasteiger partial charge in [0.05, 0.1) is 78.9 Å². The van der Waals surface area contributed by atoms with E-state index in [0.29, 0.717) is 72.7 Å². The van der Waals surface area contributed by atoms with Crippen LogP contribution in [-0.2, 0) is 28.4 Å². The summed E-state index contributed by atoms with van der Waals surface area (Å²) in [5, 5.41) is 8.52. The maximum atomic E-state index is 8.52. The summed E-state index contributed by atoms with van der Waals surface area (Å²) in [7, 11) is 0. The van der Waals surface area contributed by atoms with Gasteiger partial charge in [-0.05, 0) is 18.9 Å². The first-order valence-corrected chi connectivity index (χ1v) is 10.2. The third-order valence-corrected chi connectivity index (χ3v) is 3.49. The molecule has 0 saturated heterocycles. The van der Waals surface area contributed by atoms with Crippen molar-refractivity contribution >= 4 is 0 Å². The summed E-state index contributed by atoms with van der Waals surface area (Å²) in [5.74, 6) is 0. The first kappa shape index (κ1) is 26.3. The summed E-state index contributed by atoms with van der Waals surface area (Å²) >= 11 is 0. The fourth-order valence-corrected chi connectivity index (χ4v) is 2.05. The monoisotopic (exact) mass is 392 g/mol. The normalized spacial score (nSPS) is 11.5. The smallest absolute Gasteiger partial charge is 0.111 e. The molecule has 0 fully saturated rings. The van der Waals surface area contributed by atoms with E-state index in [1.54, 1.807) is 6.26 Å². The Bertz CT molecular complexity index is 288. The molecule has 0 aliphatic rings. The molecule has 27 heavy (non-hydrogen) atoms. The van der Waals surface area contributed by atoms with E-state index in [1.807, 2.05) is 0 Å². The lowest BCUT2D eigenvalue weighted by Gasteiger charge is -2.07. The van der Waals surface area contributed by atoms with Crippen molar-refractivity contribution in [1.82, 2.24) is 0 Å². The summed E-state index contributed by atoms with van der Waals surface area (Å²) < 4.78 is 31.9. The number of ether oxygens (including phenoxy) is 6. The fraction of sp³-hybridized carbons (Fsp3) is 0.900. The number of unbranched alkanes of at least 4 members (excludes halogenated alkanes) is 4. The van der Waals surface area contributed by atoms with Crippen molar-refractivity contribution in [1.29, 1.82) is 0 Å². The average Bonchev–Trinajstić information content (AvgIpc) is 2.68. The van der Waals surface area contributed by atoms with Gasteiger partial charge in [0.1, 0.15) is 6.61 Å². The van der Waals surface area contributed by atoms with Crippen LogP contribution in [0.3, 0.4) is 0 Å². The quantitative estimate of drug-likeness (QED) is 0.212. The Hall–Kier alpha value is -0.700. The van der Waals surface area contributed by atoms with Crippen LogP contribution in [0.2, 0.25) is 0 Å². The molecule has 0 saturated carbocycles. The maximum absolute atomic E-state index is 8.52. The summed E-state index contributed by atoms with van der Waals surface area (Å²) in [5.41, 5.74) is 0. The van der Waals surface area contributed by atoms with Crippen LogP contribution in [0.15, 0.2) is 12.3 Å². The fourth-order valence-electron chi connectivity index (χ4n) is 2.05. The van der Waals surface area contributed by atoms with Gasteiger partial charge in [-0.15, -0.1) is 0 Å². The van der Waals surface area contributed by atoms with Crippen LogP contribution >= 0.6 is 0 Å². The lowest BCUT2D eigenvalue weighted by Crippen LogP contribution is -2.14. The summed E-state index contributed by atoms with van der Waals surface area (Å²) in [6, 6.07) is 0. The minimum atomic E-state index is 0.0402. The number of allylic oxidation sites excluding steroid dienone is 1. The third kappa shape index (κ3) is 25.3. The molecular formula is C20H40O7. The first-order valence-electron chi connectivity index (χ1n) is 10.2. The molecule has 0 rings (SSSR count). The average molecular weight is 393 g/mol. The number of aliphatic hydroxyl groups excluding tert-OH is 1. The standard InChI is InChI=1S/C20H40O7/c1-2-3-4-5-6-7-9-22-11-13-24-15-17-26-19-20-27-18-16-25-14-12-23-10-8-21/h7,9,21H,2-6,8,10-20H2,1H3. The Morgan fingerprint density at radius 1 is 0.593 bits per heavy atom. The van der Waals surface area contributed by atoms with E-state index < -0.39 is 0 Å². The Labute approximate surface area is 164 Å². The second-order valence-corrected chi connectivity index (χ2v) is 5.88. The van der Waals surface area contributed by atoms with Crippen molar-refractivity contribution in [2.45, 2.75) is 39.0 Å². The van der Waals surface area contributed by atoms with E-state index in [9.17, 15) is 0 Å². The molecule has 0 aliphatic carbocycles. The summed E-state index contributed by atoms with van der Waals surface area (Å²) in [6.07, 6.45) is 10.1. The lowest BCUT2D eigenvalue weighted by molar-refractivity contribution is -0.0155. The van der Waals surface area contributed by atoms with Crippen LogP contribution in [0.25, 0.3) is 0 Å². The number of rotatable bonds is 23. The Kier molecular flexibility index (Phi) is 24.6. The van der Waals surface area contributed by atoms with Gasteiger partial charge in [-0.3, -0.25) is 0 Å². The molecule has 0 unspecified atom stereocenters. The van der Waals surface area contributed by atoms with Crippen LogP contribution in [0.1, 0.15) is 39.0 Å². The van der Waals surface area contributed by atoms with Gasteiger partial charge in [-0.25, -0.2) is 0 Å². The summed E-state index contributed by atoms with van der Waals surface area (Å²) in [6.45, 7) is 7.99. The van der Waals surface area contributed by atoms with Crippen molar-refractivity contribution < 1.29 is 33.5 Å². The van der Waals surface area contributed by atoms with Crippen LogP contribution in [0.4, 0.5) is 0 Å². The van der Waals surface area contributed by atoms with E-state index in [1.165, 1.54) is 25.7 Å². The van der Waals surface area contributed by atoms with Crippen molar-refractivity contribution in [2.24, 2.45) is 0 Å². The Morgan fingerprint density at radius 2 is 1.07 bits per heavy atom. The Balaban J connectivity index is 3.02. The molecule has 0 aromatic rings. The first-order chi connectivity index (χ1) is 13.4. The van der Waals surface area contributed by atoms with E-state index in [2.05, 4.69) is 13.0 Å². The van der Waals surface area contributed by atoms with Crippen molar-refractivity contribution in [3.63, 3.8) is 0 Å². The van der Waals surface area contributed by atoms with Crippen LogP contribution in [0.5, 0.6) is 0 Å². The molecule has 0 aromatic heterocycles. The van der Waals surface area contributed by atoms with Crippen LogP contribution < -0.4 is 0 Å². The third-order valence-electron chi connectivity index (χ3n) is 3.49. The molecule has 7 nitrogen and oxygen atoms in total. The Morgan fingerprint density at radius 3 is 1.56 bits per heavy atom. The number of hydrogen-bond acceptors (Lipinski definition) is 7. The predicted molar refractivity (Wildman–Crippen MR) is 105 cm³/mol. The van der Waals surface area contributed by atoms with Gasteiger partial charge in [0.15, 0.2) is 0 Å². The van der Waals surface area contributed by atoms with Crippen molar-refractivity contribution in [2.75, 3.05) is 79.3 Å². The molecule has 0 amide bonds. The molecule has 1 N–H and O–H groups in total. The van der Waals surface area contributed by atoms with E-state index >= 15 is 0 Å². The van der Waals surface area contributed by atoms with Gasteiger partial charge >= 0.3 is 0 Å².